The number of benzene rings is 1. The molecule has 0 atom stereocenters. The van der Waals surface area contributed by atoms with Crippen molar-refractivity contribution in [2.45, 2.75) is 37.5 Å². The van der Waals surface area contributed by atoms with E-state index >= 15 is 0 Å². The third kappa shape index (κ3) is 1.79. The summed E-state index contributed by atoms with van der Waals surface area (Å²) in [5.74, 6) is -0.0179. The van der Waals surface area contributed by atoms with Gasteiger partial charge in [-0.05, 0) is 35.1 Å². The fraction of sp³-hybridized carbons (Fsp3) is 0.429. The first kappa shape index (κ1) is 10.6. The molecule has 0 amide bonds. The molecule has 1 aromatic carbocycles. The van der Waals surface area contributed by atoms with Crippen molar-refractivity contribution >= 4 is 11.6 Å². The zero-order valence-electron chi connectivity index (χ0n) is 9.41. The Morgan fingerprint density at radius 1 is 0.882 bits per heavy atom. The molecule has 0 fully saturated rings. The lowest BCUT2D eigenvalue weighted by Gasteiger charge is -2.13. The standard InChI is InChI=1S/C14H13FO2/c15-10-1-2-13-8-3-11(16)5-9(14(13)7-10)6-12(17)4-8/h1-2,7-9H,3-6H2. The average Bonchev–Trinajstić information content (AvgIpc) is 2.43. The van der Waals surface area contributed by atoms with Crippen molar-refractivity contribution < 1.29 is 14.0 Å². The Hall–Kier alpha value is -1.51. The van der Waals surface area contributed by atoms with Crippen LogP contribution in [0.1, 0.15) is 48.6 Å². The highest BCUT2D eigenvalue weighted by Gasteiger charge is 2.35. The second-order valence-corrected chi connectivity index (χ2v) is 5.06. The zero-order chi connectivity index (χ0) is 12.0. The lowest BCUT2D eigenvalue weighted by atomic mass is 9.89. The minimum absolute atomic E-state index is 0.0295. The summed E-state index contributed by atoms with van der Waals surface area (Å²) in [6.07, 6.45) is 1.64. The molecule has 0 saturated heterocycles. The van der Waals surface area contributed by atoms with E-state index in [1.165, 1.54) is 12.1 Å². The normalized spacial score (nSPS) is 27.6. The van der Waals surface area contributed by atoms with Crippen molar-refractivity contribution in [1.29, 1.82) is 0 Å². The summed E-state index contributed by atoms with van der Waals surface area (Å²) in [7, 11) is 0. The van der Waals surface area contributed by atoms with E-state index < -0.39 is 0 Å². The van der Waals surface area contributed by atoms with Gasteiger partial charge in [0.2, 0.25) is 0 Å². The van der Waals surface area contributed by atoms with Crippen LogP contribution in [0.2, 0.25) is 0 Å². The van der Waals surface area contributed by atoms with Crippen LogP contribution in [0.25, 0.3) is 0 Å². The Labute approximate surface area is 98.8 Å². The summed E-state index contributed by atoms with van der Waals surface area (Å²) >= 11 is 0. The van der Waals surface area contributed by atoms with Crippen LogP contribution < -0.4 is 0 Å². The molecule has 2 aliphatic carbocycles. The van der Waals surface area contributed by atoms with Crippen molar-refractivity contribution in [2.75, 3.05) is 0 Å². The molecule has 17 heavy (non-hydrogen) atoms. The van der Waals surface area contributed by atoms with E-state index in [0.29, 0.717) is 25.7 Å². The van der Waals surface area contributed by atoms with Crippen LogP contribution in [0.3, 0.4) is 0 Å². The maximum atomic E-state index is 13.3. The Bertz CT molecular complexity index is 487. The van der Waals surface area contributed by atoms with Crippen LogP contribution >= 0.6 is 0 Å². The van der Waals surface area contributed by atoms with Crippen molar-refractivity contribution in [3.8, 4) is 0 Å². The van der Waals surface area contributed by atoms with Crippen molar-refractivity contribution in [3.05, 3.63) is 35.1 Å². The van der Waals surface area contributed by atoms with Crippen LogP contribution in [0.5, 0.6) is 0 Å². The Balaban J connectivity index is 2.17. The SMILES string of the molecule is O=C1CC2CC(=O)CC(C1)c1cc(F)ccc12. The van der Waals surface area contributed by atoms with Gasteiger partial charge in [-0.3, -0.25) is 9.59 Å². The predicted molar refractivity (Wildman–Crippen MR) is 60.4 cm³/mol. The van der Waals surface area contributed by atoms with Crippen molar-refractivity contribution in [3.63, 3.8) is 0 Å². The van der Waals surface area contributed by atoms with Crippen LogP contribution in [0, 0.1) is 5.82 Å². The van der Waals surface area contributed by atoms with E-state index in [-0.39, 0.29) is 29.2 Å². The minimum Gasteiger partial charge on any atom is -0.300 e. The van der Waals surface area contributed by atoms with Gasteiger partial charge >= 0.3 is 0 Å². The number of carbonyl (C=O) groups excluding carboxylic acids is 2. The molecule has 0 heterocycles. The van der Waals surface area contributed by atoms with Crippen molar-refractivity contribution in [1.82, 2.24) is 0 Å². The molecular formula is C14H13FO2. The van der Waals surface area contributed by atoms with Gasteiger partial charge in [0.15, 0.2) is 0 Å². The number of ketones is 2. The largest absolute Gasteiger partial charge is 0.300 e. The molecule has 0 spiro atoms. The number of hydrogen-bond acceptors (Lipinski definition) is 2. The quantitative estimate of drug-likeness (QED) is 0.689. The molecule has 2 aliphatic rings. The van der Waals surface area contributed by atoms with E-state index in [0.717, 1.165) is 11.1 Å². The van der Waals surface area contributed by atoms with Gasteiger partial charge in [0.25, 0.3) is 0 Å². The van der Waals surface area contributed by atoms with E-state index in [9.17, 15) is 14.0 Å². The first-order valence-corrected chi connectivity index (χ1v) is 5.96. The molecule has 3 rings (SSSR count). The molecule has 0 unspecified atom stereocenters. The highest BCUT2D eigenvalue weighted by atomic mass is 19.1. The van der Waals surface area contributed by atoms with Crippen LogP contribution in [0.15, 0.2) is 18.2 Å². The number of hydrogen-bond donors (Lipinski definition) is 0. The highest BCUT2D eigenvalue weighted by molar-refractivity contribution is 5.88. The van der Waals surface area contributed by atoms with Crippen molar-refractivity contribution in [2.24, 2.45) is 0 Å². The molecule has 2 nitrogen and oxygen atoms in total. The molecule has 0 aliphatic heterocycles. The maximum absolute atomic E-state index is 13.3. The highest BCUT2D eigenvalue weighted by Crippen LogP contribution is 2.42. The fourth-order valence-corrected chi connectivity index (χ4v) is 3.12. The Kier molecular flexibility index (Phi) is 2.35. The van der Waals surface area contributed by atoms with E-state index in [1.54, 1.807) is 6.07 Å². The summed E-state index contributed by atoms with van der Waals surface area (Å²) in [4.78, 5) is 23.5. The summed E-state index contributed by atoms with van der Waals surface area (Å²) < 4.78 is 13.3. The lowest BCUT2D eigenvalue weighted by Crippen LogP contribution is -2.14. The van der Waals surface area contributed by atoms with Gasteiger partial charge in [-0.15, -0.1) is 0 Å². The Morgan fingerprint density at radius 3 is 2.00 bits per heavy atom. The molecular weight excluding hydrogens is 219 g/mol. The van der Waals surface area contributed by atoms with Gasteiger partial charge in [0.1, 0.15) is 17.4 Å². The van der Waals surface area contributed by atoms with E-state index in [2.05, 4.69) is 0 Å². The summed E-state index contributed by atoms with van der Waals surface area (Å²) in [5.41, 5.74) is 1.89. The maximum Gasteiger partial charge on any atom is 0.134 e. The monoisotopic (exact) mass is 232 g/mol. The number of carbonyl (C=O) groups is 2. The second-order valence-electron chi connectivity index (χ2n) is 5.06. The molecule has 2 bridgehead atoms. The fourth-order valence-electron chi connectivity index (χ4n) is 3.12. The number of halogens is 1. The predicted octanol–water partition coefficient (Wildman–Crippen LogP) is 2.72. The van der Waals surface area contributed by atoms with Gasteiger partial charge in [-0.25, -0.2) is 4.39 Å². The topological polar surface area (TPSA) is 34.1 Å². The van der Waals surface area contributed by atoms with E-state index in [1.807, 2.05) is 0 Å². The molecule has 0 radical (unpaired) electrons. The van der Waals surface area contributed by atoms with Gasteiger partial charge in [-0.1, -0.05) is 6.07 Å². The summed E-state index contributed by atoms with van der Waals surface area (Å²) in [5, 5.41) is 0. The van der Waals surface area contributed by atoms with Gasteiger partial charge < -0.3 is 0 Å². The third-order valence-corrected chi connectivity index (χ3v) is 3.82. The molecule has 0 N–H and O–H groups in total. The Morgan fingerprint density at radius 2 is 1.41 bits per heavy atom. The molecule has 3 heteroatoms. The van der Waals surface area contributed by atoms with Gasteiger partial charge in [0.05, 0.1) is 0 Å². The third-order valence-electron chi connectivity index (χ3n) is 3.82. The first-order chi connectivity index (χ1) is 8.13. The summed E-state index contributed by atoms with van der Waals surface area (Å²) in [6, 6.07) is 4.68. The molecule has 0 aromatic heterocycles. The lowest BCUT2D eigenvalue weighted by molar-refractivity contribution is -0.123. The van der Waals surface area contributed by atoms with Crippen LogP contribution in [-0.2, 0) is 9.59 Å². The molecule has 1 aromatic rings. The van der Waals surface area contributed by atoms with Gasteiger partial charge in [0, 0.05) is 25.7 Å². The van der Waals surface area contributed by atoms with Crippen LogP contribution in [0.4, 0.5) is 4.39 Å². The van der Waals surface area contributed by atoms with Crippen LogP contribution in [-0.4, -0.2) is 11.6 Å². The number of rotatable bonds is 0. The molecule has 88 valence electrons. The van der Waals surface area contributed by atoms with E-state index in [4.69, 9.17) is 0 Å². The summed E-state index contributed by atoms with van der Waals surface area (Å²) in [6.45, 7) is 0. The average molecular weight is 232 g/mol. The zero-order valence-corrected chi connectivity index (χ0v) is 9.41. The van der Waals surface area contributed by atoms with Gasteiger partial charge in [-0.2, -0.15) is 0 Å². The molecule has 0 saturated carbocycles. The first-order valence-electron chi connectivity index (χ1n) is 5.96. The second kappa shape index (κ2) is 3.76. The smallest absolute Gasteiger partial charge is 0.134 e. The number of Topliss-reactive ketones (excluding diaryl/α,β-unsaturated/α-hetero) is 2. The minimum atomic E-state index is -0.281.